The van der Waals surface area contributed by atoms with Gasteiger partial charge in [-0.2, -0.15) is 0 Å². The molecule has 0 saturated heterocycles. The molecule has 0 fully saturated rings. The Kier molecular flexibility index (Phi) is 12.5. The van der Waals surface area contributed by atoms with E-state index in [1.54, 1.807) is 0 Å². The van der Waals surface area contributed by atoms with Gasteiger partial charge in [0.1, 0.15) is 0 Å². The second-order valence-electron chi connectivity index (χ2n) is 10.1. The number of nitrogens with two attached hydrogens (primary N) is 1. The van der Waals surface area contributed by atoms with E-state index >= 15 is 0 Å². The highest BCUT2D eigenvalue weighted by Crippen LogP contribution is 2.32. The van der Waals surface area contributed by atoms with Crippen molar-refractivity contribution in [2.45, 2.75) is 83.2 Å². The fraction of sp³-hybridized carbons (Fsp3) is 0.484. The average molecular weight is 519 g/mol. The standard InChI is InChI=1S/C31H44N5O2/c1-2-3-4-5-6-8-14-25(17-16-24-12-9-7-10-13-24)18-19-27(35-29-15-11-21-33-29)26(23-30(37)38)28-20-22-34-31(32)36-28/h7,9-13,15-17,21,23,25,27-28,33H,2-6,8,14,18-20,22H2,1H3,(H,37,38)(H3,32,34,36)/q-1/b17-16+,26-23-/t25-,27-,28+/m1/s1. The molecule has 1 aliphatic rings. The van der Waals surface area contributed by atoms with E-state index in [0.717, 1.165) is 30.7 Å². The number of unbranched alkanes of at least 4 members (excludes halogenated alkanes) is 5. The van der Waals surface area contributed by atoms with Gasteiger partial charge in [-0.25, -0.2) is 4.79 Å². The molecule has 5 N–H and O–H groups in total. The minimum Gasteiger partial charge on any atom is -0.478 e. The van der Waals surface area contributed by atoms with E-state index in [-0.39, 0.29) is 12.1 Å². The van der Waals surface area contributed by atoms with Gasteiger partial charge in [-0.05, 0) is 48.8 Å². The number of aromatic nitrogens is 1. The smallest absolute Gasteiger partial charge is 0.328 e. The zero-order chi connectivity index (χ0) is 27.0. The van der Waals surface area contributed by atoms with Gasteiger partial charge in [-0.3, -0.25) is 4.99 Å². The van der Waals surface area contributed by atoms with Gasteiger partial charge in [0.2, 0.25) is 0 Å². The van der Waals surface area contributed by atoms with Gasteiger partial charge in [-0.1, -0.05) is 112 Å². The summed E-state index contributed by atoms with van der Waals surface area (Å²) in [5.41, 5.74) is 7.90. The second-order valence-corrected chi connectivity index (χ2v) is 10.1. The molecule has 1 aromatic carbocycles. The summed E-state index contributed by atoms with van der Waals surface area (Å²) in [6.07, 6.45) is 18.8. The fourth-order valence-electron chi connectivity index (χ4n) is 5.01. The molecule has 3 atom stereocenters. The molecule has 2 aromatic rings. The van der Waals surface area contributed by atoms with Crippen molar-refractivity contribution in [3.8, 4) is 0 Å². The van der Waals surface area contributed by atoms with E-state index in [1.807, 2.05) is 24.4 Å². The summed E-state index contributed by atoms with van der Waals surface area (Å²) in [4.78, 5) is 19.2. The molecule has 0 aliphatic carbocycles. The number of hydrogen-bond acceptors (Lipinski definition) is 4. The second kappa shape index (κ2) is 16.4. The first-order valence-corrected chi connectivity index (χ1v) is 14.1. The van der Waals surface area contributed by atoms with Gasteiger partial charge in [-0.15, -0.1) is 0 Å². The van der Waals surface area contributed by atoms with Gasteiger partial charge in [0.05, 0.1) is 6.04 Å². The summed E-state index contributed by atoms with van der Waals surface area (Å²) >= 11 is 0. The predicted molar refractivity (Wildman–Crippen MR) is 158 cm³/mol. The van der Waals surface area contributed by atoms with Crippen molar-refractivity contribution in [1.29, 1.82) is 0 Å². The highest BCUT2D eigenvalue weighted by atomic mass is 16.4. The number of carboxylic acid groups (broad SMARTS) is 1. The minimum atomic E-state index is -0.970. The molecule has 0 spiro atoms. The highest BCUT2D eigenvalue weighted by Gasteiger charge is 2.25. The number of rotatable bonds is 17. The largest absolute Gasteiger partial charge is 0.478 e. The molecule has 1 aromatic heterocycles. The maximum atomic E-state index is 11.9. The molecular weight excluding hydrogens is 474 g/mol. The molecule has 7 heteroatoms. The number of aromatic amines is 1. The number of aliphatic imine (C=N–C) groups is 1. The lowest BCUT2D eigenvalue weighted by molar-refractivity contribution is -0.131. The highest BCUT2D eigenvalue weighted by molar-refractivity contribution is 5.83. The van der Waals surface area contributed by atoms with Gasteiger partial charge in [0.25, 0.3) is 0 Å². The quantitative estimate of drug-likeness (QED) is 0.134. The first-order chi connectivity index (χ1) is 18.5. The van der Waals surface area contributed by atoms with Crippen molar-refractivity contribution in [2.75, 3.05) is 6.54 Å². The minimum absolute atomic E-state index is 0.204. The predicted octanol–water partition coefficient (Wildman–Crippen LogP) is 6.94. The topological polar surface area (TPSA) is 118 Å². The first kappa shape index (κ1) is 29.1. The average Bonchev–Trinajstić information content (AvgIpc) is 3.43. The zero-order valence-electron chi connectivity index (χ0n) is 22.7. The number of carboxylic acids is 1. The number of nitrogens with zero attached hydrogens (tertiary/aromatic N) is 2. The number of carbonyl (C=O) groups is 1. The van der Waals surface area contributed by atoms with E-state index in [0.29, 0.717) is 24.8 Å². The third-order valence-electron chi connectivity index (χ3n) is 7.08. The molecule has 3 rings (SSSR count). The molecule has 206 valence electrons. The third kappa shape index (κ3) is 10.5. The van der Waals surface area contributed by atoms with Crippen molar-refractivity contribution in [3.05, 3.63) is 77.3 Å². The summed E-state index contributed by atoms with van der Waals surface area (Å²) < 4.78 is 0. The molecule has 0 saturated carbocycles. The first-order valence-electron chi connectivity index (χ1n) is 14.1. The summed E-state index contributed by atoms with van der Waals surface area (Å²) in [6, 6.07) is 13.7. The molecule has 1 aliphatic heterocycles. The van der Waals surface area contributed by atoms with Crippen LogP contribution in [0.25, 0.3) is 11.4 Å². The van der Waals surface area contributed by atoms with Crippen LogP contribution in [-0.2, 0) is 4.79 Å². The Morgan fingerprint density at radius 1 is 1.11 bits per heavy atom. The molecular formula is C31H44N5O2-. The van der Waals surface area contributed by atoms with Crippen LogP contribution in [-0.4, -0.2) is 40.6 Å². The van der Waals surface area contributed by atoms with Crippen LogP contribution in [0.15, 0.2) is 71.4 Å². The molecule has 0 unspecified atom stereocenters. The Labute approximate surface area is 227 Å². The number of H-pyrrole nitrogens is 1. The van der Waals surface area contributed by atoms with E-state index in [1.165, 1.54) is 50.2 Å². The van der Waals surface area contributed by atoms with Gasteiger partial charge in [0.15, 0.2) is 5.96 Å². The SMILES string of the molecule is CCCCCCCC[C@H](/C=C/c1ccccc1)CC[C@@H]([N-]c1ccc[nH]1)/C(=C/C(=O)O)[C@@H]1CCN=C(N)N1. The van der Waals surface area contributed by atoms with Crippen molar-refractivity contribution in [3.63, 3.8) is 0 Å². The van der Waals surface area contributed by atoms with Crippen LogP contribution in [0, 0.1) is 5.92 Å². The van der Waals surface area contributed by atoms with Gasteiger partial charge in [0, 0.05) is 12.6 Å². The van der Waals surface area contributed by atoms with E-state index in [9.17, 15) is 9.90 Å². The van der Waals surface area contributed by atoms with E-state index in [4.69, 9.17) is 11.1 Å². The number of aliphatic carboxylic acids is 1. The number of nitrogens with one attached hydrogen (secondary N) is 2. The van der Waals surface area contributed by atoms with Crippen LogP contribution >= 0.6 is 0 Å². The Hall–Kier alpha value is -3.48. The summed E-state index contributed by atoms with van der Waals surface area (Å²) in [6.45, 7) is 2.81. The lowest BCUT2D eigenvalue weighted by atomic mass is 9.87. The molecule has 0 bridgehead atoms. The Balaban J connectivity index is 1.75. The Morgan fingerprint density at radius 2 is 1.89 bits per heavy atom. The zero-order valence-corrected chi connectivity index (χ0v) is 22.7. The van der Waals surface area contributed by atoms with Gasteiger partial charge < -0.3 is 26.5 Å². The van der Waals surface area contributed by atoms with Crippen molar-refractivity contribution < 1.29 is 9.90 Å². The van der Waals surface area contributed by atoms with Crippen LogP contribution < -0.4 is 11.1 Å². The van der Waals surface area contributed by atoms with Crippen molar-refractivity contribution in [1.82, 2.24) is 10.3 Å². The van der Waals surface area contributed by atoms with Crippen molar-refractivity contribution in [2.24, 2.45) is 16.6 Å². The maximum Gasteiger partial charge on any atom is 0.328 e. The molecule has 0 radical (unpaired) electrons. The fourth-order valence-corrected chi connectivity index (χ4v) is 5.01. The summed E-state index contributed by atoms with van der Waals surface area (Å²) in [5.74, 6) is 0.515. The molecule has 7 nitrogen and oxygen atoms in total. The Morgan fingerprint density at radius 3 is 2.61 bits per heavy atom. The van der Waals surface area contributed by atoms with E-state index in [2.05, 4.69) is 58.6 Å². The molecule has 0 amide bonds. The summed E-state index contributed by atoms with van der Waals surface area (Å²) in [5, 5.41) is 17.9. The van der Waals surface area contributed by atoms with Gasteiger partial charge >= 0.3 is 5.97 Å². The lowest BCUT2D eigenvalue weighted by Gasteiger charge is -2.35. The summed E-state index contributed by atoms with van der Waals surface area (Å²) in [7, 11) is 0. The number of guanidine groups is 1. The van der Waals surface area contributed by atoms with Crippen LogP contribution in [0.1, 0.15) is 76.7 Å². The third-order valence-corrected chi connectivity index (χ3v) is 7.08. The van der Waals surface area contributed by atoms with Crippen LogP contribution in [0.4, 0.5) is 5.82 Å². The monoisotopic (exact) mass is 518 g/mol. The normalized spacial score (nSPS) is 17.6. The lowest BCUT2D eigenvalue weighted by Crippen LogP contribution is -2.46. The van der Waals surface area contributed by atoms with Crippen LogP contribution in [0.2, 0.25) is 0 Å². The molecule has 2 heterocycles. The molecule has 38 heavy (non-hydrogen) atoms. The number of allylic oxidation sites excluding steroid dienone is 1. The van der Waals surface area contributed by atoms with Crippen LogP contribution in [0.5, 0.6) is 0 Å². The van der Waals surface area contributed by atoms with E-state index < -0.39 is 5.97 Å². The number of benzene rings is 1. The van der Waals surface area contributed by atoms with Crippen LogP contribution in [0.3, 0.4) is 0 Å². The van der Waals surface area contributed by atoms with Crippen molar-refractivity contribution >= 4 is 23.8 Å². The number of hydrogen-bond donors (Lipinski definition) is 4. The Bertz CT molecular complexity index is 1030. The maximum absolute atomic E-state index is 11.9.